The van der Waals surface area contributed by atoms with E-state index in [1.165, 1.54) is 0 Å². The highest BCUT2D eigenvalue weighted by atomic mass is 16.4. The maximum atomic E-state index is 12.5. The highest BCUT2D eigenvalue weighted by molar-refractivity contribution is 5.95. The number of benzene rings is 1. The van der Waals surface area contributed by atoms with E-state index in [1.54, 1.807) is 29.2 Å². The number of carbonyl (C=O) groups is 2. The van der Waals surface area contributed by atoms with Gasteiger partial charge in [-0.2, -0.15) is 0 Å². The second-order valence-electron chi connectivity index (χ2n) is 5.15. The number of carboxylic acid groups (broad SMARTS) is 1. The average Bonchev–Trinajstić information content (AvgIpc) is 2.89. The van der Waals surface area contributed by atoms with E-state index in [1.807, 2.05) is 6.92 Å². The number of nitrogens with zero attached hydrogens (tertiary/aromatic N) is 1. The first kappa shape index (κ1) is 14.4. The Morgan fingerprint density at radius 3 is 2.55 bits per heavy atom. The quantitative estimate of drug-likeness (QED) is 0.884. The summed E-state index contributed by atoms with van der Waals surface area (Å²) >= 11 is 0. The van der Waals surface area contributed by atoms with E-state index in [0.29, 0.717) is 31.5 Å². The van der Waals surface area contributed by atoms with Gasteiger partial charge >= 0.3 is 5.97 Å². The molecule has 5 nitrogen and oxygen atoms in total. The Morgan fingerprint density at radius 1 is 1.30 bits per heavy atom. The van der Waals surface area contributed by atoms with Crippen molar-refractivity contribution in [3.8, 4) is 5.75 Å². The lowest BCUT2D eigenvalue weighted by Gasteiger charge is -2.24. The van der Waals surface area contributed by atoms with E-state index in [-0.39, 0.29) is 17.6 Å². The van der Waals surface area contributed by atoms with Crippen LogP contribution in [0.2, 0.25) is 0 Å². The predicted octanol–water partition coefficient (Wildman–Crippen LogP) is 2.25. The maximum absolute atomic E-state index is 12.5. The summed E-state index contributed by atoms with van der Waals surface area (Å²) < 4.78 is 0. The maximum Gasteiger partial charge on any atom is 0.306 e. The van der Waals surface area contributed by atoms with Crippen molar-refractivity contribution < 1.29 is 19.8 Å². The number of aromatic hydroxyl groups is 1. The van der Waals surface area contributed by atoms with Crippen LogP contribution in [-0.2, 0) is 9.59 Å². The Morgan fingerprint density at radius 2 is 2.00 bits per heavy atom. The molecule has 1 aromatic rings. The minimum Gasteiger partial charge on any atom is -0.508 e. The van der Waals surface area contributed by atoms with E-state index in [4.69, 9.17) is 5.11 Å². The molecule has 2 N–H and O–H groups in total. The fourth-order valence-corrected chi connectivity index (χ4v) is 2.78. The Bertz CT molecular complexity index is 514. The molecule has 1 amide bonds. The number of hydrogen-bond donors (Lipinski definition) is 2. The number of carbonyl (C=O) groups excluding carboxylic acids is 1. The van der Waals surface area contributed by atoms with Crippen molar-refractivity contribution in [1.82, 2.24) is 0 Å². The molecule has 0 heterocycles. The van der Waals surface area contributed by atoms with Gasteiger partial charge in [0.1, 0.15) is 5.75 Å². The molecule has 2 rings (SSSR count). The zero-order valence-corrected chi connectivity index (χ0v) is 11.5. The second kappa shape index (κ2) is 5.94. The van der Waals surface area contributed by atoms with Gasteiger partial charge in [-0.05, 0) is 38.3 Å². The largest absolute Gasteiger partial charge is 0.508 e. The Kier molecular flexibility index (Phi) is 4.27. The number of phenolic OH excluding ortho intramolecular Hbond substituents is 1. The molecule has 0 saturated heterocycles. The number of anilines is 1. The highest BCUT2D eigenvalue weighted by Gasteiger charge is 2.35. The molecule has 0 bridgehead atoms. The number of hydrogen-bond acceptors (Lipinski definition) is 3. The van der Waals surface area contributed by atoms with Crippen LogP contribution in [0, 0.1) is 11.8 Å². The van der Waals surface area contributed by atoms with Gasteiger partial charge < -0.3 is 15.1 Å². The first-order valence-corrected chi connectivity index (χ1v) is 6.86. The third kappa shape index (κ3) is 2.92. The van der Waals surface area contributed by atoms with Crippen LogP contribution in [0.15, 0.2) is 24.3 Å². The number of rotatable bonds is 4. The normalized spacial score (nSPS) is 21.6. The molecular weight excluding hydrogens is 258 g/mol. The molecule has 2 atom stereocenters. The van der Waals surface area contributed by atoms with Crippen molar-refractivity contribution in [2.75, 3.05) is 11.4 Å². The molecule has 0 aliphatic heterocycles. The summed E-state index contributed by atoms with van der Waals surface area (Å²) in [4.78, 5) is 25.1. The molecule has 20 heavy (non-hydrogen) atoms. The zero-order valence-electron chi connectivity index (χ0n) is 11.5. The summed E-state index contributed by atoms with van der Waals surface area (Å²) in [6.45, 7) is 2.36. The van der Waals surface area contributed by atoms with Crippen LogP contribution < -0.4 is 4.90 Å². The van der Waals surface area contributed by atoms with Crippen molar-refractivity contribution in [3.05, 3.63) is 24.3 Å². The van der Waals surface area contributed by atoms with Crippen LogP contribution in [0.25, 0.3) is 0 Å². The summed E-state index contributed by atoms with van der Waals surface area (Å²) in [5.74, 6) is -1.41. The predicted molar refractivity (Wildman–Crippen MR) is 74.6 cm³/mol. The van der Waals surface area contributed by atoms with Crippen LogP contribution in [-0.4, -0.2) is 28.6 Å². The lowest BCUT2D eigenvalue weighted by Crippen LogP contribution is -2.35. The lowest BCUT2D eigenvalue weighted by atomic mass is 10.0. The van der Waals surface area contributed by atoms with Crippen LogP contribution in [0.1, 0.15) is 26.2 Å². The van der Waals surface area contributed by atoms with Gasteiger partial charge in [-0.15, -0.1) is 0 Å². The second-order valence-corrected chi connectivity index (χ2v) is 5.15. The molecule has 0 aromatic heterocycles. The average molecular weight is 277 g/mol. The van der Waals surface area contributed by atoms with E-state index in [2.05, 4.69) is 0 Å². The minimum absolute atomic E-state index is 0.0538. The smallest absolute Gasteiger partial charge is 0.306 e. The van der Waals surface area contributed by atoms with Crippen molar-refractivity contribution in [2.45, 2.75) is 26.2 Å². The summed E-state index contributed by atoms with van der Waals surface area (Å²) in [6.07, 6.45) is 1.58. The Labute approximate surface area is 117 Å². The van der Waals surface area contributed by atoms with Gasteiger partial charge in [0.25, 0.3) is 0 Å². The number of amides is 1. The Hall–Kier alpha value is -2.04. The summed E-state index contributed by atoms with van der Waals surface area (Å²) in [5, 5.41) is 18.5. The van der Waals surface area contributed by atoms with E-state index in [0.717, 1.165) is 0 Å². The minimum atomic E-state index is -0.819. The first-order valence-electron chi connectivity index (χ1n) is 6.86. The summed E-state index contributed by atoms with van der Waals surface area (Å²) in [5.41, 5.74) is 0.649. The fraction of sp³-hybridized carbons (Fsp3) is 0.467. The molecule has 108 valence electrons. The first-order chi connectivity index (χ1) is 9.52. The molecule has 0 radical (unpaired) electrons. The molecule has 1 saturated carbocycles. The molecule has 1 aliphatic carbocycles. The number of carboxylic acids is 1. The summed E-state index contributed by atoms with van der Waals surface area (Å²) in [6, 6.07) is 6.56. The van der Waals surface area contributed by atoms with Crippen molar-refractivity contribution >= 4 is 17.6 Å². The monoisotopic (exact) mass is 277 g/mol. The van der Waals surface area contributed by atoms with E-state index in [9.17, 15) is 14.7 Å². The van der Waals surface area contributed by atoms with Crippen molar-refractivity contribution in [1.29, 1.82) is 0 Å². The molecule has 1 fully saturated rings. The number of phenols is 1. The third-order valence-electron chi connectivity index (χ3n) is 3.85. The van der Waals surface area contributed by atoms with Crippen molar-refractivity contribution in [3.63, 3.8) is 0 Å². The number of aliphatic carboxylic acids is 1. The third-order valence-corrected chi connectivity index (χ3v) is 3.85. The molecule has 5 heteroatoms. The highest BCUT2D eigenvalue weighted by Crippen LogP contribution is 2.33. The zero-order chi connectivity index (χ0) is 14.7. The standard InChI is InChI=1S/C15H19NO4/c1-2-16(12-4-3-5-13(17)9-12)14(18)10-6-7-11(8-10)15(19)20/h3-5,9-11,17H,2,6-8H2,1H3,(H,19,20)/t10-,11+/m1/s1. The van der Waals surface area contributed by atoms with Crippen molar-refractivity contribution in [2.24, 2.45) is 11.8 Å². The van der Waals surface area contributed by atoms with Gasteiger partial charge in [-0.1, -0.05) is 6.07 Å². The van der Waals surface area contributed by atoms with Crippen LogP contribution in [0.4, 0.5) is 5.69 Å². The van der Waals surface area contributed by atoms with E-state index >= 15 is 0 Å². The van der Waals surface area contributed by atoms with Crippen LogP contribution in [0.3, 0.4) is 0 Å². The van der Waals surface area contributed by atoms with Gasteiger partial charge in [0.05, 0.1) is 5.92 Å². The van der Waals surface area contributed by atoms with Gasteiger partial charge in [-0.3, -0.25) is 9.59 Å². The molecule has 1 aromatic carbocycles. The molecule has 0 spiro atoms. The van der Waals surface area contributed by atoms with Gasteiger partial charge in [0.2, 0.25) is 5.91 Å². The van der Waals surface area contributed by atoms with Gasteiger partial charge in [-0.25, -0.2) is 0 Å². The van der Waals surface area contributed by atoms with Gasteiger partial charge in [0, 0.05) is 24.2 Å². The van der Waals surface area contributed by atoms with E-state index < -0.39 is 11.9 Å². The van der Waals surface area contributed by atoms with Crippen LogP contribution >= 0.6 is 0 Å². The fourth-order valence-electron chi connectivity index (χ4n) is 2.78. The van der Waals surface area contributed by atoms with Gasteiger partial charge in [0.15, 0.2) is 0 Å². The topological polar surface area (TPSA) is 77.8 Å². The molecular formula is C15H19NO4. The van der Waals surface area contributed by atoms with Crippen LogP contribution in [0.5, 0.6) is 5.75 Å². The SMILES string of the molecule is CCN(C(=O)[C@@H]1CC[C@H](C(=O)O)C1)c1cccc(O)c1. The Balaban J connectivity index is 2.12. The summed E-state index contributed by atoms with van der Waals surface area (Å²) in [7, 11) is 0. The lowest BCUT2D eigenvalue weighted by molar-refractivity contribution is -0.141. The molecule has 0 unspecified atom stereocenters. The molecule has 1 aliphatic rings.